The van der Waals surface area contributed by atoms with Crippen LogP contribution in [0.15, 0.2) is 48.9 Å². The van der Waals surface area contributed by atoms with E-state index in [1.807, 2.05) is 42.9 Å². The summed E-state index contributed by atoms with van der Waals surface area (Å²) in [6.45, 7) is 1.91. The standard InChI is InChI=1S/C22H26N4O2/c1-27-18-8-9-19(21(12-18)28-2)22-17(14-24-25-22)15-26-11-4-3-7-20(26)16-6-5-10-23-13-16/h5-6,8-10,12-14,20H,3-4,7,11,15H2,1-2H3,(H,24,25). The van der Waals surface area contributed by atoms with Gasteiger partial charge in [0.05, 0.1) is 26.1 Å². The van der Waals surface area contributed by atoms with Crippen molar-refractivity contribution in [2.24, 2.45) is 0 Å². The minimum absolute atomic E-state index is 0.392. The molecule has 0 saturated carbocycles. The van der Waals surface area contributed by atoms with E-state index in [0.717, 1.165) is 42.3 Å². The van der Waals surface area contributed by atoms with Gasteiger partial charge in [0.2, 0.25) is 0 Å². The van der Waals surface area contributed by atoms with Crippen molar-refractivity contribution in [3.05, 3.63) is 60.0 Å². The Labute approximate surface area is 165 Å². The first-order valence-electron chi connectivity index (χ1n) is 9.68. The van der Waals surface area contributed by atoms with E-state index in [0.29, 0.717) is 6.04 Å². The first-order chi connectivity index (χ1) is 13.8. The summed E-state index contributed by atoms with van der Waals surface area (Å²) in [5.74, 6) is 1.54. The molecule has 1 saturated heterocycles. The molecule has 1 unspecified atom stereocenters. The number of likely N-dealkylation sites (tertiary alicyclic amines) is 1. The van der Waals surface area contributed by atoms with Crippen LogP contribution >= 0.6 is 0 Å². The van der Waals surface area contributed by atoms with E-state index in [1.165, 1.54) is 24.0 Å². The van der Waals surface area contributed by atoms with Gasteiger partial charge in [0, 0.05) is 42.2 Å². The molecule has 1 aliphatic heterocycles. The molecule has 1 aliphatic rings. The third-order valence-electron chi connectivity index (χ3n) is 5.45. The maximum atomic E-state index is 5.60. The molecule has 0 radical (unpaired) electrons. The molecule has 146 valence electrons. The van der Waals surface area contributed by atoms with Gasteiger partial charge >= 0.3 is 0 Å². The molecule has 6 heteroatoms. The number of nitrogens with zero attached hydrogens (tertiary/aromatic N) is 3. The predicted octanol–water partition coefficient (Wildman–Crippen LogP) is 4.22. The van der Waals surface area contributed by atoms with Crippen LogP contribution in [0, 0.1) is 0 Å². The molecule has 1 atom stereocenters. The van der Waals surface area contributed by atoms with Gasteiger partial charge in [-0.3, -0.25) is 15.0 Å². The Morgan fingerprint density at radius 2 is 2.07 bits per heavy atom. The average Bonchev–Trinajstić information content (AvgIpc) is 3.22. The van der Waals surface area contributed by atoms with Crippen molar-refractivity contribution in [3.63, 3.8) is 0 Å². The number of piperidine rings is 1. The monoisotopic (exact) mass is 378 g/mol. The van der Waals surface area contributed by atoms with Crippen LogP contribution in [0.2, 0.25) is 0 Å². The summed E-state index contributed by atoms with van der Waals surface area (Å²) in [4.78, 5) is 6.85. The van der Waals surface area contributed by atoms with Crippen LogP contribution in [0.3, 0.4) is 0 Å². The Bertz CT molecular complexity index is 910. The van der Waals surface area contributed by atoms with Gasteiger partial charge in [-0.2, -0.15) is 5.10 Å². The molecule has 2 aromatic heterocycles. The summed E-state index contributed by atoms with van der Waals surface area (Å²) in [5, 5.41) is 7.50. The SMILES string of the molecule is COc1ccc(-c2[nH]ncc2CN2CCCCC2c2cccnc2)c(OC)c1. The van der Waals surface area contributed by atoms with Gasteiger partial charge < -0.3 is 9.47 Å². The average molecular weight is 378 g/mol. The van der Waals surface area contributed by atoms with Crippen LogP contribution in [0.5, 0.6) is 11.5 Å². The summed E-state index contributed by atoms with van der Waals surface area (Å²) < 4.78 is 10.9. The number of benzene rings is 1. The van der Waals surface area contributed by atoms with Crippen LogP contribution in [-0.4, -0.2) is 40.8 Å². The molecule has 28 heavy (non-hydrogen) atoms. The Morgan fingerprint density at radius 3 is 2.86 bits per heavy atom. The lowest BCUT2D eigenvalue weighted by Gasteiger charge is -2.35. The third-order valence-corrected chi connectivity index (χ3v) is 5.45. The molecule has 0 bridgehead atoms. The lowest BCUT2D eigenvalue weighted by atomic mass is 9.95. The van der Waals surface area contributed by atoms with Crippen molar-refractivity contribution in [1.29, 1.82) is 0 Å². The Morgan fingerprint density at radius 1 is 1.14 bits per heavy atom. The maximum Gasteiger partial charge on any atom is 0.131 e. The maximum absolute atomic E-state index is 5.60. The zero-order chi connectivity index (χ0) is 19.3. The molecule has 6 nitrogen and oxygen atoms in total. The molecule has 1 fully saturated rings. The van der Waals surface area contributed by atoms with Crippen LogP contribution in [0.4, 0.5) is 0 Å². The molecule has 4 rings (SSSR count). The molecule has 0 amide bonds. The van der Waals surface area contributed by atoms with Crippen molar-refractivity contribution >= 4 is 0 Å². The fraction of sp³-hybridized carbons (Fsp3) is 0.364. The second-order valence-electron chi connectivity index (χ2n) is 7.10. The number of ether oxygens (including phenoxy) is 2. The van der Waals surface area contributed by atoms with E-state index in [1.54, 1.807) is 14.2 Å². The number of rotatable bonds is 6. The van der Waals surface area contributed by atoms with Crippen LogP contribution in [0.25, 0.3) is 11.3 Å². The highest BCUT2D eigenvalue weighted by atomic mass is 16.5. The summed E-state index contributed by atoms with van der Waals surface area (Å²) in [7, 11) is 3.34. The molecule has 1 N–H and O–H groups in total. The van der Waals surface area contributed by atoms with Crippen LogP contribution in [0.1, 0.15) is 36.4 Å². The molecule has 3 heterocycles. The van der Waals surface area contributed by atoms with Crippen molar-refractivity contribution in [2.75, 3.05) is 20.8 Å². The Hall–Kier alpha value is -2.86. The summed E-state index contributed by atoms with van der Waals surface area (Å²) in [5.41, 5.74) is 4.44. The van der Waals surface area contributed by atoms with E-state index < -0.39 is 0 Å². The van der Waals surface area contributed by atoms with Crippen molar-refractivity contribution in [1.82, 2.24) is 20.1 Å². The number of hydrogen-bond donors (Lipinski definition) is 1. The normalized spacial score (nSPS) is 17.4. The van der Waals surface area contributed by atoms with Gasteiger partial charge in [-0.25, -0.2) is 0 Å². The van der Waals surface area contributed by atoms with Gasteiger partial charge in [-0.1, -0.05) is 12.5 Å². The van der Waals surface area contributed by atoms with Gasteiger partial charge in [-0.15, -0.1) is 0 Å². The van der Waals surface area contributed by atoms with Crippen molar-refractivity contribution < 1.29 is 9.47 Å². The number of aromatic amines is 1. The molecular weight excluding hydrogens is 352 g/mol. The number of hydrogen-bond acceptors (Lipinski definition) is 5. The minimum atomic E-state index is 0.392. The molecule has 1 aromatic carbocycles. The lowest BCUT2D eigenvalue weighted by Crippen LogP contribution is -2.33. The smallest absolute Gasteiger partial charge is 0.131 e. The van der Waals surface area contributed by atoms with Gasteiger partial charge in [0.1, 0.15) is 11.5 Å². The molecule has 0 aliphatic carbocycles. The molecule has 0 spiro atoms. The van der Waals surface area contributed by atoms with Crippen LogP contribution < -0.4 is 9.47 Å². The first-order valence-corrected chi connectivity index (χ1v) is 9.68. The Kier molecular flexibility index (Phi) is 5.58. The van der Waals surface area contributed by atoms with Gasteiger partial charge in [0.25, 0.3) is 0 Å². The van der Waals surface area contributed by atoms with E-state index in [4.69, 9.17) is 9.47 Å². The van der Waals surface area contributed by atoms with Crippen molar-refractivity contribution in [2.45, 2.75) is 31.8 Å². The number of pyridine rings is 1. The van der Waals surface area contributed by atoms with E-state index >= 15 is 0 Å². The second-order valence-corrected chi connectivity index (χ2v) is 7.10. The highest BCUT2D eigenvalue weighted by Gasteiger charge is 2.26. The number of nitrogens with one attached hydrogen (secondary N) is 1. The Balaban J connectivity index is 1.62. The predicted molar refractivity (Wildman–Crippen MR) is 108 cm³/mol. The fourth-order valence-corrected chi connectivity index (χ4v) is 4.02. The molecular formula is C22H26N4O2. The summed E-state index contributed by atoms with van der Waals surface area (Å²) in [6.07, 6.45) is 9.38. The number of methoxy groups -OCH3 is 2. The third kappa shape index (κ3) is 3.73. The largest absolute Gasteiger partial charge is 0.497 e. The van der Waals surface area contributed by atoms with Gasteiger partial charge in [0.15, 0.2) is 0 Å². The highest BCUT2D eigenvalue weighted by Crippen LogP contribution is 2.36. The van der Waals surface area contributed by atoms with E-state index in [2.05, 4.69) is 26.1 Å². The molecule has 3 aromatic rings. The number of H-pyrrole nitrogens is 1. The topological polar surface area (TPSA) is 63.3 Å². The quantitative estimate of drug-likeness (QED) is 0.696. The fourth-order valence-electron chi connectivity index (χ4n) is 4.02. The van der Waals surface area contributed by atoms with E-state index in [9.17, 15) is 0 Å². The number of aromatic nitrogens is 3. The lowest BCUT2D eigenvalue weighted by molar-refractivity contribution is 0.140. The highest BCUT2D eigenvalue weighted by molar-refractivity contribution is 5.71. The summed E-state index contributed by atoms with van der Waals surface area (Å²) in [6, 6.07) is 10.5. The van der Waals surface area contributed by atoms with Crippen LogP contribution in [-0.2, 0) is 6.54 Å². The van der Waals surface area contributed by atoms with Gasteiger partial charge in [-0.05, 0) is 43.1 Å². The van der Waals surface area contributed by atoms with Crippen molar-refractivity contribution in [3.8, 4) is 22.8 Å². The second kappa shape index (κ2) is 8.44. The minimum Gasteiger partial charge on any atom is -0.497 e. The first kappa shape index (κ1) is 18.5. The summed E-state index contributed by atoms with van der Waals surface area (Å²) >= 11 is 0. The van der Waals surface area contributed by atoms with E-state index in [-0.39, 0.29) is 0 Å². The zero-order valence-corrected chi connectivity index (χ0v) is 16.4. The zero-order valence-electron chi connectivity index (χ0n) is 16.4.